The normalized spacial score (nSPS) is 26.9. The summed E-state index contributed by atoms with van der Waals surface area (Å²) in [6.07, 6.45) is 3.90. The van der Waals surface area contributed by atoms with Gasteiger partial charge in [0, 0.05) is 18.3 Å². The molecule has 17 heavy (non-hydrogen) atoms. The van der Waals surface area contributed by atoms with Crippen LogP contribution in [0.2, 0.25) is 0 Å². The maximum absolute atomic E-state index is 9.42. The molecule has 0 amide bonds. The van der Waals surface area contributed by atoms with Crippen LogP contribution in [0.25, 0.3) is 0 Å². The van der Waals surface area contributed by atoms with Crippen LogP contribution in [0.5, 0.6) is 0 Å². The lowest BCUT2D eigenvalue weighted by Crippen LogP contribution is -2.49. The van der Waals surface area contributed by atoms with Crippen molar-refractivity contribution in [2.75, 3.05) is 11.4 Å². The molecule has 1 aliphatic carbocycles. The fourth-order valence-electron chi connectivity index (χ4n) is 2.87. The fraction of sp³-hybridized carbons (Fsp3) is 0.500. The van der Waals surface area contributed by atoms with Gasteiger partial charge in [0.2, 0.25) is 0 Å². The lowest BCUT2D eigenvalue weighted by Gasteiger charge is -2.44. The van der Waals surface area contributed by atoms with Crippen molar-refractivity contribution in [2.45, 2.75) is 37.8 Å². The summed E-state index contributed by atoms with van der Waals surface area (Å²) in [5.74, 6) is 0. The first-order valence-corrected chi connectivity index (χ1v) is 6.25. The van der Waals surface area contributed by atoms with Crippen LogP contribution in [0.4, 0.5) is 5.69 Å². The number of hydrogen-bond donors (Lipinski definition) is 1. The van der Waals surface area contributed by atoms with Crippen molar-refractivity contribution in [3.63, 3.8) is 0 Å². The van der Waals surface area contributed by atoms with E-state index in [1.165, 1.54) is 17.7 Å². The summed E-state index contributed by atoms with van der Waals surface area (Å²) in [5, 5.41) is 18.4. The van der Waals surface area contributed by atoms with E-state index in [0.29, 0.717) is 6.04 Å². The van der Waals surface area contributed by atoms with Crippen LogP contribution in [-0.2, 0) is 6.42 Å². The third-order valence-corrected chi connectivity index (χ3v) is 3.90. The number of anilines is 1. The molecule has 1 aromatic rings. The Morgan fingerprint density at radius 2 is 2.18 bits per heavy atom. The van der Waals surface area contributed by atoms with Gasteiger partial charge in [0.1, 0.15) is 0 Å². The maximum atomic E-state index is 9.42. The molecule has 0 spiro atoms. The van der Waals surface area contributed by atoms with Gasteiger partial charge < -0.3 is 10.0 Å². The Kier molecular flexibility index (Phi) is 2.53. The minimum absolute atomic E-state index is 0.121. The molecule has 88 valence electrons. The molecule has 3 nitrogen and oxygen atoms in total. The smallest absolute Gasteiger partial charge is 0.0992 e. The van der Waals surface area contributed by atoms with Gasteiger partial charge in [0.15, 0.2) is 0 Å². The van der Waals surface area contributed by atoms with Crippen molar-refractivity contribution in [3.05, 3.63) is 29.3 Å². The lowest BCUT2D eigenvalue weighted by molar-refractivity contribution is 0.0727. The Hall–Kier alpha value is -1.53. The second-order valence-electron chi connectivity index (χ2n) is 5.03. The highest BCUT2D eigenvalue weighted by atomic mass is 16.3. The van der Waals surface area contributed by atoms with Gasteiger partial charge in [-0.15, -0.1) is 0 Å². The number of hydrogen-bond acceptors (Lipinski definition) is 3. The number of nitriles is 1. The second kappa shape index (κ2) is 4.05. The van der Waals surface area contributed by atoms with Crippen LogP contribution < -0.4 is 4.90 Å². The maximum Gasteiger partial charge on any atom is 0.0992 e. The standard InChI is InChI=1S/C14H16N2O/c15-9-10-3-4-11-2-1-5-16(14(11)6-10)12-7-13(17)8-12/h3-4,6,12-13,17H,1-2,5,7-8H2. The number of nitrogens with zero attached hydrogens (tertiary/aromatic N) is 2. The number of aliphatic hydroxyl groups is 1. The third-order valence-electron chi connectivity index (χ3n) is 3.90. The lowest BCUT2D eigenvalue weighted by atomic mass is 9.85. The van der Waals surface area contributed by atoms with Crippen molar-refractivity contribution in [3.8, 4) is 6.07 Å². The summed E-state index contributed by atoms with van der Waals surface area (Å²) in [4.78, 5) is 2.38. The molecule has 0 aromatic heterocycles. The molecule has 1 aromatic carbocycles. The largest absolute Gasteiger partial charge is 0.393 e. The molecule has 0 saturated heterocycles. The van der Waals surface area contributed by atoms with Gasteiger partial charge in [-0.25, -0.2) is 0 Å². The van der Waals surface area contributed by atoms with Crippen LogP contribution >= 0.6 is 0 Å². The molecule has 3 rings (SSSR count). The van der Waals surface area contributed by atoms with E-state index < -0.39 is 0 Å². The molecular weight excluding hydrogens is 212 g/mol. The zero-order valence-electron chi connectivity index (χ0n) is 9.76. The topological polar surface area (TPSA) is 47.3 Å². The van der Waals surface area contributed by atoms with Crippen LogP contribution in [0.3, 0.4) is 0 Å². The van der Waals surface area contributed by atoms with Crippen LogP contribution in [0.15, 0.2) is 18.2 Å². The Bertz CT molecular complexity index is 472. The van der Waals surface area contributed by atoms with E-state index in [4.69, 9.17) is 5.26 Å². The fourth-order valence-corrected chi connectivity index (χ4v) is 2.87. The van der Waals surface area contributed by atoms with Gasteiger partial charge in [-0.1, -0.05) is 6.07 Å². The zero-order chi connectivity index (χ0) is 11.8. The monoisotopic (exact) mass is 228 g/mol. The van der Waals surface area contributed by atoms with E-state index in [9.17, 15) is 5.11 Å². The predicted molar refractivity (Wildman–Crippen MR) is 65.9 cm³/mol. The molecule has 0 unspecified atom stereocenters. The van der Waals surface area contributed by atoms with E-state index in [2.05, 4.69) is 17.0 Å². The van der Waals surface area contributed by atoms with Gasteiger partial charge in [-0.2, -0.15) is 5.26 Å². The van der Waals surface area contributed by atoms with Crippen LogP contribution in [0, 0.1) is 11.3 Å². The van der Waals surface area contributed by atoms with E-state index in [0.717, 1.165) is 31.4 Å². The first kappa shape index (κ1) is 10.6. The molecule has 0 atom stereocenters. The first-order chi connectivity index (χ1) is 8.28. The quantitative estimate of drug-likeness (QED) is 0.797. The van der Waals surface area contributed by atoms with Crippen molar-refractivity contribution in [1.82, 2.24) is 0 Å². The average molecular weight is 228 g/mol. The molecule has 1 fully saturated rings. The van der Waals surface area contributed by atoms with E-state index >= 15 is 0 Å². The van der Waals surface area contributed by atoms with Crippen molar-refractivity contribution in [2.24, 2.45) is 0 Å². The number of benzene rings is 1. The van der Waals surface area contributed by atoms with Crippen LogP contribution in [-0.4, -0.2) is 23.8 Å². The van der Waals surface area contributed by atoms with Gasteiger partial charge in [0.05, 0.1) is 17.7 Å². The van der Waals surface area contributed by atoms with Gasteiger partial charge in [-0.3, -0.25) is 0 Å². The molecule has 2 aliphatic rings. The van der Waals surface area contributed by atoms with Crippen LogP contribution in [0.1, 0.15) is 30.4 Å². The SMILES string of the molecule is N#Cc1ccc2c(c1)N(C1CC(O)C1)CCC2. The Labute approximate surface area is 101 Å². The van der Waals surface area contributed by atoms with Gasteiger partial charge in [0.25, 0.3) is 0 Å². The molecule has 1 saturated carbocycles. The minimum atomic E-state index is -0.121. The summed E-state index contributed by atoms with van der Waals surface area (Å²) >= 11 is 0. The number of rotatable bonds is 1. The molecular formula is C14H16N2O. The molecule has 0 bridgehead atoms. The molecule has 0 radical (unpaired) electrons. The number of fused-ring (bicyclic) bond motifs is 1. The molecule has 1 aliphatic heterocycles. The highest BCUT2D eigenvalue weighted by Crippen LogP contribution is 2.35. The van der Waals surface area contributed by atoms with E-state index in [1.807, 2.05) is 12.1 Å². The minimum Gasteiger partial charge on any atom is -0.393 e. The Balaban J connectivity index is 1.92. The highest BCUT2D eigenvalue weighted by Gasteiger charge is 2.34. The summed E-state index contributed by atoms with van der Waals surface area (Å²) in [5.41, 5.74) is 3.29. The first-order valence-electron chi connectivity index (χ1n) is 6.25. The summed E-state index contributed by atoms with van der Waals surface area (Å²) in [6.45, 7) is 1.05. The predicted octanol–water partition coefficient (Wildman–Crippen LogP) is 1.83. The average Bonchev–Trinajstić information content (AvgIpc) is 2.34. The third kappa shape index (κ3) is 1.79. The van der Waals surface area contributed by atoms with Crippen molar-refractivity contribution in [1.29, 1.82) is 5.26 Å². The Morgan fingerprint density at radius 1 is 1.35 bits per heavy atom. The van der Waals surface area contributed by atoms with Crippen molar-refractivity contribution < 1.29 is 5.11 Å². The highest BCUT2D eigenvalue weighted by molar-refractivity contribution is 5.60. The summed E-state index contributed by atoms with van der Waals surface area (Å²) in [7, 11) is 0. The molecule has 1 heterocycles. The number of aliphatic hydroxyl groups excluding tert-OH is 1. The van der Waals surface area contributed by atoms with Gasteiger partial charge in [-0.05, 0) is 43.4 Å². The number of aryl methyl sites for hydroxylation is 1. The summed E-state index contributed by atoms with van der Waals surface area (Å²) < 4.78 is 0. The molecule has 1 N–H and O–H groups in total. The van der Waals surface area contributed by atoms with E-state index in [1.54, 1.807) is 0 Å². The summed E-state index contributed by atoms with van der Waals surface area (Å²) in [6, 6.07) is 8.65. The van der Waals surface area contributed by atoms with Crippen molar-refractivity contribution >= 4 is 5.69 Å². The molecule has 3 heteroatoms. The van der Waals surface area contributed by atoms with E-state index in [-0.39, 0.29) is 6.10 Å². The zero-order valence-corrected chi connectivity index (χ0v) is 9.76. The second-order valence-corrected chi connectivity index (χ2v) is 5.03. The van der Waals surface area contributed by atoms with Gasteiger partial charge >= 0.3 is 0 Å². The Morgan fingerprint density at radius 3 is 2.88 bits per heavy atom.